The Bertz CT molecular complexity index is 326. The minimum Gasteiger partial charge on any atom is -0.481 e. The molecule has 0 saturated carbocycles. The highest BCUT2D eigenvalue weighted by molar-refractivity contribution is 5.80. The van der Waals surface area contributed by atoms with E-state index >= 15 is 0 Å². The summed E-state index contributed by atoms with van der Waals surface area (Å²) in [4.78, 5) is 25.2. The van der Waals surface area contributed by atoms with Gasteiger partial charge in [0.2, 0.25) is 5.91 Å². The van der Waals surface area contributed by atoms with Crippen LogP contribution in [0.25, 0.3) is 0 Å². The molecule has 0 aromatic heterocycles. The number of nitrogens with zero attached hydrogens (tertiary/aromatic N) is 1. The summed E-state index contributed by atoms with van der Waals surface area (Å²) in [6.45, 7) is 4.32. The number of aliphatic carboxylic acids is 1. The molecule has 102 valence electrons. The number of carboxylic acid groups (broad SMARTS) is 1. The number of rotatable bonds is 2. The fourth-order valence-corrected chi connectivity index (χ4v) is 3.02. The number of piperidine rings is 2. The minimum absolute atomic E-state index is 0.0503. The summed E-state index contributed by atoms with van der Waals surface area (Å²) in [5.74, 6) is -0.720. The molecule has 2 saturated heterocycles. The van der Waals surface area contributed by atoms with Crippen LogP contribution >= 0.6 is 0 Å². The van der Waals surface area contributed by atoms with Crippen molar-refractivity contribution >= 4 is 11.9 Å². The zero-order valence-corrected chi connectivity index (χ0v) is 10.9. The molecule has 2 aliphatic heterocycles. The normalized spacial score (nSPS) is 33.2. The molecule has 2 rings (SSSR count). The number of likely N-dealkylation sites (tertiary alicyclic amines) is 1. The van der Waals surface area contributed by atoms with Crippen LogP contribution < -0.4 is 5.32 Å². The monoisotopic (exact) mass is 254 g/mol. The number of hydrogen-bond donors (Lipinski definition) is 2. The van der Waals surface area contributed by atoms with Gasteiger partial charge >= 0.3 is 5.97 Å². The van der Waals surface area contributed by atoms with Crippen LogP contribution in [0.5, 0.6) is 0 Å². The predicted octanol–water partition coefficient (Wildman–Crippen LogP) is 0.698. The summed E-state index contributed by atoms with van der Waals surface area (Å²) in [5, 5.41) is 12.3. The molecule has 0 radical (unpaired) electrons. The van der Waals surface area contributed by atoms with Crippen LogP contribution in [-0.2, 0) is 9.59 Å². The molecule has 2 fully saturated rings. The van der Waals surface area contributed by atoms with Gasteiger partial charge in [-0.05, 0) is 39.2 Å². The van der Waals surface area contributed by atoms with Crippen LogP contribution in [-0.4, -0.2) is 47.6 Å². The molecule has 0 bridgehead atoms. The van der Waals surface area contributed by atoms with E-state index in [0.717, 1.165) is 25.9 Å². The molecule has 5 nitrogen and oxygen atoms in total. The third-order valence-corrected chi connectivity index (χ3v) is 4.15. The summed E-state index contributed by atoms with van der Waals surface area (Å²) >= 11 is 0. The zero-order chi connectivity index (χ0) is 13.1. The lowest BCUT2D eigenvalue weighted by Crippen LogP contribution is -2.50. The first-order chi connectivity index (χ1) is 8.59. The van der Waals surface area contributed by atoms with Gasteiger partial charge in [0.15, 0.2) is 0 Å². The van der Waals surface area contributed by atoms with Crippen molar-refractivity contribution in [1.29, 1.82) is 0 Å². The molecule has 0 aliphatic carbocycles. The van der Waals surface area contributed by atoms with Crippen molar-refractivity contribution in [2.24, 2.45) is 11.8 Å². The molecule has 3 unspecified atom stereocenters. The van der Waals surface area contributed by atoms with E-state index in [4.69, 9.17) is 5.11 Å². The summed E-state index contributed by atoms with van der Waals surface area (Å²) in [7, 11) is 0. The van der Waals surface area contributed by atoms with Gasteiger partial charge in [-0.15, -0.1) is 0 Å². The molecule has 2 heterocycles. The van der Waals surface area contributed by atoms with E-state index in [9.17, 15) is 9.59 Å². The van der Waals surface area contributed by atoms with Crippen molar-refractivity contribution in [3.8, 4) is 0 Å². The number of carbonyl (C=O) groups excluding carboxylic acids is 1. The van der Waals surface area contributed by atoms with Crippen LogP contribution in [0, 0.1) is 11.8 Å². The van der Waals surface area contributed by atoms with E-state index in [1.807, 2.05) is 11.8 Å². The third-order valence-electron chi connectivity index (χ3n) is 4.15. The number of carboxylic acids is 1. The second-order valence-corrected chi connectivity index (χ2v) is 5.48. The molecule has 2 N–H and O–H groups in total. The molecule has 2 aliphatic rings. The van der Waals surface area contributed by atoms with Gasteiger partial charge in [-0.3, -0.25) is 9.59 Å². The Labute approximate surface area is 108 Å². The SMILES string of the molecule is CC1CC(C(=O)O)CCN1C(=O)C1CCCNC1. The fourth-order valence-electron chi connectivity index (χ4n) is 3.02. The number of hydrogen-bond acceptors (Lipinski definition) is 3. The van der Waals surface area contributed by atoms with Crippen molar-refractivity contribution in [1.82, 2.24) is 10.2 Å². The van der Waals surface area contributed by atoms with Crippen LogP contribution in [0.1, 0.15) is 32.6 Å². The Morgan fingerprint density at radius 3 is 2.61 bits per heavy atom. The van der Waals surface area contributed by atoms with Gasteiger partial charge in [-0.2, -0.15) is 0 Å². The number of amides is 1. The maximum Gasteiger partial charge on any atom is 0.306 e. The molecule has 1 amide bonds. The first-order valence-corrected chi connectivity index (χ1v) is 6.83. The highest BCUT2D eigenvalue weighted by atomic mass is 16.4. The minimum atomic E-state index is -0.728. The highest BCUT2D eigenvalue weighted by Gasteiger charge is 2.35. The maximum atomic E-state index is 12.4. The maximum absolute atomic E-state index is 12.4. The third kappa shape index (κ3) is 2.83. The number of carbonyl (C=O) groups is 2. The molecule has 18 heavy (non-hydrogen) atoms. The summed E-state index contributed by atoms with van der Waals surface area (Å²) in [6, 6.07) is 0.0503. The largest absolute Gasteiger partial charge is 0.481 e. The zero-order valence-electron chi connectivity index (χ0n) is 10.9. The van der Waals surface area contributed by atoms with Crippen LogP contribution in [0.15, 0.2) is 0 Å². The van der Waals surface area contributed by atoms with Gasteiger partial charge in [0, 0.05) is 19.1 Å². The topological polar surface area (TPSA) is 69.6 Å². The Morgan fingerprint density at radius 2 is 2.06 bits per heavy atom. The van der Waals surface area contributed by atoms with Crippen molar-refractivity contribution in [2.45, 2.75) is 38.6 Å². The average molecular weight is 254 g/mol. The van der Waals surface area contributed by atoms with Crippen molar-refractivity contribution in [3.05, 3.63) is 0 Å². The second kappa shape index (κ2) is 5.69. The van der Waals surface area contributed by atoms with Crippen molar-refractivity contribution < 1.29 is 14.7 Å². The van der Waals surface area contributed by atoms with Gasteiger partial charge in [0.25, 0.3) is 0 Å². The first-order valence-electron chi connectivity index (χ1n) is 6.83. The summed E-state index contributed by atoms with van der Waals surface area (Å²) in [5.41, 5.74) is 0. The Morgan fingerprint density at radius 1 is 1.28 bits per heavy atom. The molecule has 3 atom stereocenters. The highest BCUT2D eigenvalue weighted by Crippen LogP contribution is 2.25. The lowest BCUT2D eigenvalue weighted by molar-refractivity contribution is -0.149. The van der Waals surface area contributed by atoms with Gasteiger partial charge < -0.3 is 15.3 Å². The Balaban J connectivity index is 1.93. The molecular formula is C13H22N2O3. The van der Waals surface area contributed by atoms with E-state index in [1.54, 1.807) is 0 Å². The van der Waals surface area contributed by atoms with E-state index in [1.165, 1.54) is 0 Å². The summed E-state index contributed by atoms with van der Waals surface area (Å²) in [6.07, 6.45) is 3.18. The molecule has 5 heteroatoms. The van der Waals surface area contributed by atoms with E-state index in [2.05, 4.69) is 5.32 Å². The van der Waals surface area contributed by atoms with Gasteiger partial charge in [-0.25, -0.2) is 0 Å². The predicted molar refractivity (Wildman–Crippen MR) is 67.1 cm³/mol. The quantitative estimate of drug-likeness (QED) is 0.761. The smallest absolute Gasteiger partial charge is 0.306 e. The van der Waals surface area contributed by atoms with Crippen LogP contribution in [0.3, 0.4) is 0 Å². The van der Waals surface area contributed by atoms with Gasteiger partial charge in [0.05, 0.1) is 11.8 Å². The van der Waals surface area contributed by atoms with Gasteiger partial charge in [-0.1, -0.05) is 0 Å². The fraction of sp³-hybridized carbons (Fsp3) is 0.846. The van der Waals surface area contributed by atoms with Crippen LogP contribution in [0.2, 0.25) is 0 Å². The number of nitrogens with one attached hydrogen (secondary N) is 1. The molecular weight excluding hydrogens is 232 g/mol. The second-order valence-electron chi connectivity index (χ2n) is 5.48. The van der Waals surface area contributed by atoms with Gasteiger partial charge in [0.1, 0.15) is 0 Å². The Kier molecular flexibility index (Phi) is 4.22. The molecule has 0 aromatic carbocycles. The molecule has 0 spiro atoms. The average Bonchev–Trinajstić information content (AvgIpc) is 2.38. The lowest BCUT2D eigenvalue weighted by atomic mass is 9.89. The van der Waals surface area contributed by atoms with E-state index < -0.39 is 5.97 Å². The van der Waals surface area contributed by atoms with Crippen molar-refractivity contribution in [3.63, 3.8) is 0 Å². The van der Waals surface area contributed by atoms with Crippen molar-refractivity contribution in [2.75, 3.05) is 19.6 Å². The first kappa shape index (κ1) is 13.3. The Hall–Kier alpha value is -1.10. The lowest BCUT2D eigenvalue weighted by Gasteiger charge is -2.39. The van der Waals surface area contributed by atoms with E-state index in [-0.39, 0.29) is 23.8 Å². The summed E-state index contributed by atoms with van der Waals surface area (Å²) < 4.78 is 0. The van der Waals surface area contributed by atoms with Crippen LogP contribution in [0.4, 0.5) is 0 Å². The molecule has 0 aromatic rings. The standard InChI is InChI=1S/C13H22N2O3/c1-9-7-10(13(17)18)4-6-15(9)12(16)11-3-2-5-14-8-11/h9-11,14H,2-8H2,1H3,(H,17,18). The van der Waals surface area contributed by atoms with E-state index in [0.29, 0.717) is 19.4 Å².